The van der Waals surface area contributed by atoms with Crippen LogP contribution >= 0.6 is 0 Å². The number of nitrogens with zero attached hydrogens (tertiary/aromatic N) is 1. The first-order valence-electron chi connectivity index (χ1n) is 5.43. The van der Waals surface area contributed by atoms with Gasteiger partial charge in [-0.1, -0.05) is 17.7 Å². The van der Waals surface area contributed by atoms with E-state index < -0.39 is 0 Å². The molecular formula is C13H16N2O. The van der Waals surface area contributed by atoms with Crippen LogP contribution in [-0.4, -0.2) is 11.5 Å². The maximum Gasteiger partial charge on any atom is 0.195 e. The Morgan fingerprint density at radius 3 is 2.88 bits per heavy atom. The lowest BCUT2D eigenvalue weighted by Crippen LogP contribution is -2.02. The number of nitrogens with two attached hydrogens (primary N) is 1. The maximum absolute atomic E-state index is 5.46. The second-order valence-corrected chi connectivity index (χ2v) is 3.98. The topological polar surface area (TPSA) is 52.0 Å². The second-order valence-electron chi connectivity index (χ2n) is 3.98. The Morgan fingerprint density at radius 1 is 1.31 bits per heavy atom. The van der Waals surface area contributed by atoms with Crippen LogP contribution in [0, 0.1) is 13.8 Å². The quantitative estimate of drug-likeness (QED) is 0.857. The van der Waals surface area contributed by atoms with E-state index in [1.807, 2.05) is 0 Å². The number of rotatable bonds is 3. The first-order chi connectivity index (χ1) is 7.70. The lowest BCUT2D eigenvalue weighted by atomic mass is 10.0. The minimum atomic E-state index is 0.562. The van der Waals surface area contributed by atoms with Gasteiger partial charge in [-0.15, -0.1) is 0 Å². The van der Waals surface area contributed by atoms with E-state index in [2.05, 4.69) is 37.0 Å². The highest BCUT2D eigenvalue weighted by atomic mass is 16.3. The SMILES string of the molecule is Cc1ccc(C)c(-c2coc(CCN)n2)c1. The number of hydrogen-bond acceptors (Lipinski definition) is 3. The molecule has 2 N–H and O–H groups in total. The molecule has 0 saturated heterocycles. The molecule has 0 aliphatic heterocycles. The molecule has 0 spiro atoms. The zero-order valence-electron chi connectivity index (χ0n) is 9.66. The summed E-state index contributed by atoms with van der Waals surface area (Å²) in [5.41, 5.74) is 9.92. The standard InChI is InChI=1S/C13H16N2O/c1-9-3-4-10(2)11(7-9)12-8-16-13(15-12)5-6-14/h3-4,7-8H,5-6,14H2,1-2H3. The van der Waals surface area contributed by atoms with Crippen LogP contribution in [0.4, 0.5) is 0 Å². The van der Waals surface area contributed by atoms with Gasteiger partial charge in [-0.05, 0) is 25.5 Å². The number of aryl methyl sites for hydroxylation is 2. The van der Waals surface area contributed by atoms with Gasteiger partial charge in [0, 0.05) is 18.5 Å². The molecule has 0 aliphatic rings. The Bertz CT molecular complexity index is 488. The first kappa shape index (κ1) is 10.9. The Hall–Kier alpha value is -1.61. The Morgan fingerprint density at radius 2 is 2.12 bits per heavy atom. The van der Waals surface area contributed by atoms with Crippen molar-refractivity contribution < 1.29 is 4.42 Å². The molecule has 84 valence electrons. The summed E-state index contributed by atoms with van der Waals surface area (Å²) in [6, 6.07) is 6.32. The number of benzene rings is 1. The monoisotopic (exact) mass is 216 g/mol. The lowest BCUT2D eigenvalue weighted by Gasteiger charge is -2.02. The number of aromatic nitrogens is 1. The zero-order chi connectivity index (χ0) is 11.5. The molecule has 3 nitrogen and oxygen atoms in total. The normalized spacial score (nSPS) is 10.7. The van der Waals surface area contributed by atoms with Crippen molar-refractivity contribution in [2.24, 2.45) is 5.73 Å². The maximum atomic E-state index is 5.46. The van der Waals surface area contributed by atoms with Crippen LogP contribution in [0.2, 0.25) is 0 Å². The fraction of sp³-hybridized carbons (Fsp3) is 0.308. The van der Waals surface area contributed by atoms with Crippen LogP contribution in [0.25, 0.3) is 11.3 Å². The molecule has 1 heterocycles. The van der Waals surface area contributed by atoms with E-state index in [-0.39, 0.29) is 0 Å². The average Bonchev–Trinajstić information content (AvgIpc) is 2.71. The summed E-state index contributed by atoms with van der Waals surface area (Å²) in [7, 11) is 0. The molecule has 0 amide bonds. The third-order valence-electron chi connectivity index (χ3n) is 2.58. The van der Waals surface area contributed by atoms with Gasteiger partial charge in [0.15, 0.2) is 5.89 Å². The van der Waals surface area contributed by atoms with Crippen molar-refractivity contribution in [2.75, 3.05) is 6.54 Å². The summed E-state index contributed by atoms with van der Waals surface area (Å²) in [6.07, 6.45) is 2.39. The molecule has 0 atom stereocenters. The average molecular weight is 216 g/mol. The highest BCUT2D eigenvalue weighted by molar-refractivity contribution is 5.63. The van der Waals surface area contributed by atoms with E-state index in [1.165, 1.54) is 11.1 Å². The van der Waals surface area contributed by atoms with Crippen LogP contribution in [-0.2, 0) is 6.42 Å². The fourth-order valence-corrected chi connectivity index (χ4v) is 1.68. The summed E-state index contributed by atoms with van der Waals surface area (Å²) in [6.45, 7) is 4.71. The summed E-state index contributed by atoms with van der Waals surface area (Å²) in [5, 5.41) is 0. The first-order valence-corrected chi connectivity index (χ1v) is 5.43. The molecule has 0 unspecified atom stereocenters. The Balaban J connectivity index is 2.38. The summed E-state index contributed by atoms with van der Waals surface area (Å²) in [5.74, 6) is 0.707. The van der Waals surface area contributed by atoms with Crippen molar-refractivity contribution in [2.45, 2.75) is 20.3 Å². The largest absolute Gasteiger partial charge is 0.448 e. The Labute approximate surface area is 95.3 Å². The van der Waals surface area contributed by atoms with Crippen LogP contribution in [0.5, 0.6) is 0 Å². The summed E-state index contributed by atoms with van der Waals surface area (Å²) >= 11 is 0. The molecule has 0 saturated carbocycles. The van der Waals surface area contributed by atoms with Gasteiger partial charge in [0.2, 0.25) is 0 Å². The van der Waals surface area contributed by atoms with Gasteiger partial charge in [-0.25, -0.2) is 4.98 Å². The van der Waals surface area contributed by atoms with E-state index in [0.717, 1.165) is 11.3 Å². The predicted octanol–water partition coefficient (Wildman–Crippen LogP) is 2.46. The van der Waals surface area contributed by atoms with Gasteiger partial charge >= 0.3 is 0 Å². The summed E-state index contributed by atoms with van der Waals surface area (Å²) < 4.78 is 5.36. The van der Waals surface area contributed by atoms with E-state index in [9.17, 15) is 0 Å². The Kier molecular flexibility index (Phi) is 3.06. The molecule has 3 heteroatoms. The van der Waals surface area contributed by atoms with Gasteiger partial charge in [-0.3, -0.25) is 0 Å². The van der Waals surface area contributed by atoms with Gasteiger partial charge in [-0.2, -0.15) is 0 Å². The van der Waals surface area contributed by atoms with Crippen LogP contribution in [0.15, 0.2) is 28.9 Å². The van der Waals surface area contributed by atoms with Crippen LogP contribution in [0.1, 0.15) is 17.0 Å². The molecular weight excluding hydrogens is 200 g/mol. The minimum Gasteiger partial charge on any atom is -0.448 e. The zero-order valence-corrected chi connectivity index (χ0v) is 9.66. The molecule has 1 aromatic carbocycles. The molecule has 16 heavy (non-hydrogen) atoms. The lowest BCUT2D eigenvalue weighted by molar-refractivity contribution is 0.496. The molecule has 2 aromatic rings. The highest BCUT2D eigenvalue weighted by Gasteiger charge is 2.08. The van der Waals surface area contributed by atoms with Gasteiger partial charge < -0.3 is 10.2 Å². The van der Waals surface area contributed by atoms with Crippen molar-refractivity contribution >= 4 is 0 Å². The molecule has 0 aliphatic carbocycles. The highest BCUT2D eigenvalue weighted by Crippen LogP contribution is 2.23. The van der Waals surface area contributed by atoms with E-state index in [0.29, 0.717) is 18.9 Å². The predicted molar refractivity (Wildman–Crippen MR) is 64.2 cm³/mol. The molecule has 0 bridgehead atoms. The van der Waals surface area contributed by atoms with Gasteiger partial charge in [0.25, 0.3) is 0 Å². The van der Waals surface area contributed by atoms with Crippen molar-refractivity contribution in [3.8, 4) is 11.3 Å². The molecule has 1 aromatic heterocycles. The second kappa shape index (κ2) is 4.49. The third-order valence-corrected chi connectivity index (χ3v) is 2.58. The van der Waals surface area contributed by atoms with Crippen LogP contribution in [0.3, 0.4) is 0 Å². The van der Waals surface area contributed by atoms with E-state index in [4.69, 9.17) is 10.2 Å². The smallest absolute Gasteiger partial charge is 0.195 e. The van der Waals surface area contributed by atoms with E-state index in [1.54, 1.807) is 6.26 Å². The molecule has 2 rings (SSSR count). The summed E-state index contributed by atoms with van der Waals surface area (Å²) in [4.78, 5) is 4.43. The van der Waals surface area contributed by atoms with Crippen molar-refractivity contribution in [1.82, 2.24) is 4.98 Å². The molecule has 0 radical (unpaired) electrons. The van der Waals surface area contributed by atoms with Crippen molar-refractivity contribution in [3.63, 3.8) is 0 Å². The van der Waals surface area contributed by atoms with Crippen LogP contribution < -0.4 is 5.73 Å². The van der Waals surface area contributed by atoms with Crippen molar-refractivity contribution in [1.29, 1.82) is 0 Å². The van der Waals surface area contributed by atoms with Gasteiger partial charge in [0.05, 0.1) is 0 Å². The minimum absolute atomic E-state index is 0.562. The fourth-order valence-electron chi connectivity index (χ4n) is 1.68. The third kappa shape index (κ3) is 2.14. The number of oxazole rings is 1. The molecule has 0 fully saturated rings. The van der Waals surface area contributed by atoms with Crippen molar-refractivity contribution in [3.05, 3.63) is 41.5 Å². The number of hydrogen-bond donors (Lipinski definition) is 1. The van der Waals surface area contributed by atoms with E-state index >= 15 is 0 Å². The van der Waals surface area contributed by atoms with Gasteiger partial charge in [0.1, 0.15) is 12.0 Å².